The average Bonchev–Trinajstić information content (AvgIpc) is 1.32. The van der Waals surface area contributed by atoms with Gasteiger partial charge < -0.3 is 34.2 Å². The largest absolute Gasteiger partial charge is 0.472 e. The van der Waals surface area contributed by atoms with Gasteiger partial charge in [0.1, 0.15) is 25.4 Å². The SMILES string of the molecule is CC/C=C\C/C=C\C/C=C\C/C=C\C/C=C\CCCCCC(=O)OCC(COP(=O)(O)OCC(O)COP(=O)(O)OCC(O)COC(=O)CCCCCCCCCCCCCCCCCCC/C=C\C/C=C\C/C=C\C/C=C\CCCCC)OC(=O)CCCCCCCCCCCCC. The van der Waals surface area contributed by atoms with E-state index in [0.717, 1.165) is 116 Å². The van der Waals surface area contributed by atoms with Crippen LogP contribution in [0.15, 0.2) is 109 Å². The second-order valence-electron chi connectivity index (χ2n) is 26.1. The number of aliphatic hydroxyl groups is 2. The Kier molecular flexibility index (Phi) is 71.1. The van der Waals surface area contributed by atoms with Gasteiger partial charge in [-0.25, -0.2) is 9.13 Å². The molecule has 572 valence electrons. The minimum atomic E-state index is -4.93. The van der Waals surface area contributed by atoms with Crippen molar-refractivity contribution in [1.82, 2.24) is 0 Å². The molecular weight excluding hydrogens is 1290 g/mol. The van der Waals surface area contributed by atoms with E-state index in [0.29, 0.717) is 19.3 Å². The molecular formula is C81H142O16P2. The zero-order chi connectivity index (χ0) is 72.3. The first-order valence-electron chi connectivity index (χ1n) is 39.2. The number of allylic oxidation sites excluding steroid dienone is 18. The van der Waals surface area contributed by atoms with Crippen LogP contribution in [-0.2, 0) is 55.8 Å². The number of carbonyl (C=O) groups excluding carboxylic acids is 3. The summed E-state index contributed by atoms with van der Waals surface area (Å²) in [6, 6.07) is 0. The van der Waals surface area contributed by atoms with Crippen LogP contribution in [0.1, 0.15) is 329 Å². The van der Waals surface area contributed by atoms with Crippen molar-refractivity contribution < 1.29 is 75.8 Å². The molecule has 0 heterocycles. The van der Waals surface area contributed by atoms with Gasteiger partial charge in [-0.1, -0.05) is 310 Å². The third-order valence-corrected chi connectivity index (χ3v) is 18.4. The number of ether oxygens (including phenoxy) is 3. The molecule has 0 amide bonds. The highest BCUT2D eigenvalue weighted by atomic mass is 31.2. The van der Waals surface area contributed by atoms with Crippen LogP contribution < -0.4 is 0 Å². The zero-order valence-electron chi connectivity index (χ0n) is 62.4. The van der Waals surface area contributed by atoms with Crippen LogP contribution in [0.5, 0.6) is 0 Å². The first-order valence-corrected chi connectivity index (χ1v) is 42.2. The van der Waals surface area contributed by atoms with Gasteiger partial charge in [0.15, 0.2) is 6.10 Å². The summed E-state index contributed by atoms with van der Waals surface area (Å²) in [6.07, 6.45) is 86.0. The highest BCUT2D eigenvalue weighted by Crippen LogP contribution is 2.45. The molecule has 0 aromatic rings. The predicted molar refractivity (Wildman–Crippen MR) is 408 cm³/mol. The van der Waals surface area contributed by atoms with E-state index in [1.165, 1.54) is 154 Å². The minimum absolute atomic E-state index is 0.0986. The summed E-state index contributed by atoms with van der Waals surface area (Å²) in [7, 11) is -9.78. The Morgan fingerprint density at radius 1 is 0.293 bits per heavy atom. The Labute approximate surface area is 602 Å². The van der Waals surface area contributed by atoms with Gasteiger partial charge >= 0.3 is 33.6 Å². The summed E-state index contributed by atoms with van der Waals surface area (Å²) in [5.74, 6) is -1.60. The van der Waals surface area contributed by atoms with Gasteiger partial charge in [0, 0.05) is 19.3 Å². The molecule has 0 fully saturated rings. The average molecular weight is 1430 g/mol. The second-order valence-corrected chi connectivity index (χ2v) is 29.0. The van der Waals surface area contributed by atoms with Crippen molar-refractivity contribution in [3.05, 3.63) is 109 Å². The highest BCUT2D eigenvalue weighted by molar-refractivity contribution is 7.47. The Bertz CT molecular complexity index is 2240. The lowest BCUT2D eigenvalue weighted by atomic mass is 10.0. The number of phosphoric acid groups is 2. The Hall–Kier alpha value is -3.79. The van der Waals surface area contributed by atoms with E-state index < -0.39 is 91.5 Å². The fourth-order valence-corrected chi connectivity index (χ4v) is 12.1. The maximum atomic E-state index is 12.9. The topological polar surface area (TPSA) is 231 Å². The van der Waals surface area contributed by atoms with Crippen LogP contribution >= 0.6 is 15.6 Å². The molecule has 18 heteroatoms. The summed E-state index contributed by atoms with van der Waals surface area (Å²) < 4.78 is 61.0. The third kappa shape index (κ3) is 75.2. The van der Waals surface area contributed by atoms with Crippen molar-refractivity contribution in [2.24, 2.45) is 0 Å². The van der Waals surface area contributed by atoms with Gasteiger partial charge in [0.05, 0.1) is 26.4 Å². The fourth-order valence-electron chi connectivity index (χ4n) is 10.5. The Balaban J connectivity index is 4.37. The first kappa shape index (κ1) is 95.2. The molecule has 4 N–H and O–H groups in total. The molecule has 0 rings (SSSR count). The van der Waals surface area contributed by atoms with Crippen LogP contribution in [0.25, 0.3) is 0 Å². The minimum Gasteiger partial charge on any atom is -0.463 e. The normalized spacial score (nSPS) is 14.6. The first-order chi connectivity index (χ1) is 48.2. The van der Waals surface area contributed by atoms with Gasteiger partial charge in [-0.2, -0.15) is 0 Å². The van der Waals surface area contributed by atoms with Gasteiger partial charge in [-0.3, -0.25) is 32.5 Å². The van der Waals surface area contributed by atoms with Crippen LogP contribution in [-0.4, -0.2) is 95.9 Å². The fraction of sp³-hybridized carbons (Fsp3) is 0.741. The molecule has 0 aliphatic heterocycles. The van der Waals surface area contributed by atoms with Crippen LogP contribution in [0.4, 0.5) is 0 Å². The van der Waals surface area contributed by atoms with Crippen LogP contribution in [0.3, 0.4) is 0 Å². The molecule has 0 bridgehead atoms. The number of aliphatic hydroxyl groups excluding tert-OH is 2. The summed E-state index contributed by atoms with van der Waals surface area (Å²) >= 11 is 0. The van der Waals surface area contributed by atoms with E-state index in [-0.39, 0.29) is 19.3 Å². The number of hydrogen-bond acceptors (Lipinski definition) is 14. The highest BCUT2D eigenvalue weighted by Gasteiger charge is 2.29. The van der Waals surface area contributed by atoms with Gasteiger partial charge in [-0.15, -0.1) is 0 Å². The number of esters is 3. The summed E-state index contributed by atoms with van der Waals surface area (Å²) in [4.78, 5) is 58.5. The molecule has 99 heavy (non-hydrogen) atoms. The standard InChI is InChI=1S/C81H142O16P2/c1-4-7-10-13-16-19-22-24-26-28-30-31-32-33-34-35-36-37-38-39-40-41-42-43-45-47-48-50-53-55-58-61-64-67-79(84)91-70-76(82)71-93-98(87,88)94-72-77(83)73-95-99(89,90)96-75-78(97-81(86)69-66-63-60-57-52-21-18-15-12-9-6-3)74-92-80(85)68-65-62-59-56-54-51-49-46-44-29-27-25-23-20-17-14-11-8-5-2/h8,11,16-17,19-20,24-27,30-31,33-34,44,46,51,54,76-78,82-83H,4-7,9-10,12-15,18,21-23,28-29,32,35-43,45,47-50,52-53,55-75H2,1-3H3,(H,87,88)(H,89,90)/b11-8-,19-16-,20-17-,26-24-,27-25-,31-30-,34-33-,46-44-,54-51-. The van der Waals surface area contributed by atoms with Crippen molar-refractivity contribution in [3.63, 3.8) is 0 Å². The van der Waals surface area contributed by atoms with E-state index in [4.69, 9.17) is 32.3 Å². The summed E-state index contributed by atoms with van der Waals surface area (Å²) in [6.45, 7) is 2.51. The zero-order valence-corrected chi connectivity index (χ0v) is 64.2. The lowest BCUT2D eigenvalue weighted by Crippen LogP contribution is -2.30. The van der Waals surface area contributed by atoms with Gasteiger partial charge in [0.2, 0.25) is 0 Å². The second kappa shape index (κ2) is 73.9. The van der Waals surface area contributed by atoms with Crippen LogP contribution in [0.2, 0.25) is 0 Å². The molecule has 0 aliphatic rings. The molecule has 5 atom stereocenters. The molecule has 0 saturated heterocycles. The molecule has 16 nitrogen and oxygen atoms in total. The molecule has 5 unspecified atom stereocenters. The summed E-state index contributed by atoms with van der Waals surface area (Å²) in [5, 5.41) is 20.6. The number of unbranched alkanes of at least 4 members (excludes halogenated alkanes) is 33. The van der Waals surface area contributed by atoms with E-state index in [1.807, 2.05) is 0 Å². The lowest BCUT2D eigenvalue weighted by molar-refractivity contribution is -0.161. The molecule has 0 aromatic carbocycles. The van der Waals surface area contributed by atoms with E-state index >= 15 is 0 Å². The monoisotopic (exact) mass is 1430 g/mol. The Morgan fingerprint density at radius 2 is 0.535 bits per heavy atom. The van der Waals surface area contributed by atoms with E-state index in [1.54, 1.807) is 0 Å². The van der Waals surface area contributed by atoms with Crippen LogP contribution in [0, 0.1) is 0 Å². The smallest absolute Gasteiger partial charge is 0.463 e. The van der Waals surface area contributed by atoms with Crippen molar-refractivity contribution >= 4 is 33.6 Å². The molecule has 0 saturated carbocycles. The molecule has 0 aliphatic carbocycles. The van der Waals surface area contributed by atoms with Gasteiger partial charge in [-0.05, 0) is 109 Å². The van der Waals surface area contributed by atoms with E-state index in [2.05, 4.69) is 130 Å². The predicted octanol–water partition coefficient (Wildman–Crippen LogP) is 22.8. The number of carbonyl (C=O) groups is 3. The third-order valence-electron chi connectivity index (χ3n) is 16.5. The molecule has 0 spiro atoms. The van der Waals surface area contributed by atoms with Crippen molar-refractivity contribution in [1.29, 1.82) is 0 Å². The van der Waals surface area contributed by atoms with Crippen molar-refractivity contribution in [2.75, 3.05) is 39.6 Å². The Morgan fingerprint density at radius 3 is 0.879 bits per heavy atom. The quantitative estimate of drug-likeness (QED) is 0.0146. The van der Waals surface area contributed by atoms with Gasteiger partial charge in [0.25, 0.3) is 0 Å². The maximum absolute atomic E-state index is 12.9. The van der Waals surface area contributed by atoms with Crippen molar-refractivity contribution in [3.8, 4) is 0 Å². The maximum Gasteiger partial charge on any atom is 0.472 e. The number of rotatable bonds is 74. The number of hydrogen-bond donors (Lipinski definition) is 4. The lowest BCUT2D eigenvalue weighted by Gasteiger charge is -2.21. The van der Waals surface area contributed by atoms with E-state index in [9.17, 15) is 43.5 Å². The number of phosphoric ester groups is 2. The summed E-state index contributed by atoms with van der Waals surface area (Å²) in [5.41, 5.74) is 0. The van der Waals surface area contributed by atoms with Crippen molar-refractivity contribution in [2.45, 2.75) is 347 Å². The molecule has 0 radical (unpaired) electrons. The molecule has 0 aromatic heterocycles.